The highest BCUT2D eigenvalue weighted by Gasteiger charge is 2.30. The molecule has 0 spiro atoms. The van der Waals surface area contributed by atoms with Crippen LogP contribution in [0.2, 0.25) is 0 Å². The van der Waals surface area contributed by atoms with Gasteiger partial charge in [0.2, 0.25) is 5.91 Å². The van der Waals surface area contributed by atoms with Crippen molar-refractivity contribution in [1.29, 1.82) is 0 Å². The SMILES string of the molecule is CCCNCCNC(=O)CC(F)(F)F.Cl. The predicted molar refractivity (Wildman–Crippen MR) is 54.1 cm³/mol. The van der Waals surface area contributed by atoms with Crippen molar-refractivity contribution in [2.45, 2.75) is 25.9 Å². The predicted octanol–water partition coefficient (Wildman–Crippen LogP) is 1.48. The maximum absolute atomic E-state index is 11.7. The Balaban J connectivity index is 0. The van der Waals surface area contributed by atoms with E-state index < -0.39 is 18.5 Å². The second kappa shape index (κ2) is 8.79. The van der Waals surface area contributed by atoms with Crippen molar-refractivity contribution in [3.05, 3.63) is 0 Å². The molecule has 1 amide bonds. The van der Waals surface area contributed by atoms with E-state index >= 15 is 0 Å². The lowest BCUT2D eigenvalue weighted by atomic mass is 10.4. The molecule has 7 heteroatoms. The number of hydrogen-bond donors (Lipinski definition) is 2. The number of hydrogen-bond acceptors (Lipinski definition) is 2. The van der Waals surface area contributed by atoms with Crippen LogP contribution in [0.4, 0.5) is 13.2 Å². The molecule has 0 unspecified atom stereocenters. The number of alkyl halides is 3. The van der Waals surface area contributed by atoms with E-state index in [4.69, 9.17) is 0 Å². The van der Waals surface area contributed by atoms with Crippen LogP contribution in [-0.4, -0.2) is 31.7 Å². The number of nitrogens with one attached hydrogen (secondary N) is 2. The molecule has 15 heavy (non-hydrogen) atoms. The summed E-state index contributed by atoms with van der Waals surface area (Å²) in [7, 11) is 0. The van der Waals surface area contributed by atoms with Crippen LogP contribution in [0.5, 0.6) is 0 Å². The average molecular weight is 249 g/mol. The van der Waals surface area contributed by atoms with Crippen molar-refractivity contribution >= 4 is 18.3 Å². The Morgan fingerprint density at radius 1 is 1.20 bits per heavy atom. The van der Waals surface area contributed by atoms with Crippen LogP contribution in [0.25, 0.3) is 0 Å². The van der Waals surface area contributed by atoms with Gasteiger partial charge >= 0.3 is 6.18 Å². The van der Waals surface area contributed by atoms with Crippen LogP contribution in [-0.2, 0) is 4.79 Å². The highest BCUT2D eigenvalue weighted by molar-refractivity contribution is 5.85. The largest absolute Gasteiger partial charge is 0.397 e. The van der Waals surface area contributed by atoms with Gasteiger partial charge in [-0.1, -0.05) is 6.92 Å². The highest BCUT2D eigenvalue weighted by Crippen LogP contribution is 2.18. The van der Waals surface area contributed by atoms with E-state index in [2.05, 4.69) is 10.6 Å². The van der Waals surface area contributed by atoms with Gasteiger partial charge in [-0.2, -0.15) is 13.2 Å². The van der Waals surface area contributed by atoms with Crippen molar-refractivity contribution < 1.29 is 18.0 Å². The Morgan fingerprint density at radius 2 is 1.80 bits per heavy atom. The Morgan fingerprint density at radius 3 is 2.27 bits per heavy atom. The van der Waals surface area contributed by atoms with E-state index in [1.54, 1.807) is 0 Å². The summed E-state index contributed by atoms with van der Waals surface area (Å²) in [6.45, 7) is 3.51. The van der Waals surface area contributed by atoms with Gasteiger partial charge < -0.3 is 10.6 Å². The molecule has 0 radical (unpaired) electrons. The Labute approximate surface area is 93.2 Å². The molecule has 0 rings (SSSR count). The molecule has 0 aliphatic carbocycles. The second-order valence-corrected chi connectivity index (χ2v) is 2.89. The molecule has 0 saturated heterocycles. The minimum Gasteiger partial charge on any atom is -0.355 e. The summed E-state index contributed by atoms with van der Waals surface area (Å²) in [4.78, 5) is 10.6. The van der Waals surface area contributed by atoms with Crippen LogP contribution in [0.1, 0.15) is 19.8 Å². The first-order chi connectivity index (χ1) is 6.45. The summed E-state index contributed by atoms with van der Waals surface area (Å²) >= 11 is 0. The third kappa shape index (κ3) is 13.5. The lowest BCUT2D eigenvalue weighted by molar-refractivity contribution is -0.153. The molecule has 0 saturated carbocycles. The first kappa shape index (κ1) is 16.9. The van der Waals surface area contributed by atoms with E-state index in [0.717, 1.165) is 13.0 Å². The molecule has 92 valence electrons. The van der Waals surface area contributed by atoms with E-state index in [0.29, 0.717) is 6.54 Å². The van der Waals surface area contributed by atoms with Gasteiger partial charge in [-0.25, -0.2) is 0 Å². The van der Waals surface area contributed by atoms with Crippen molar-refractivity contribution in [3.8, 4) is 0 Å². The zero-order valence-corrected chi connectivity index (χ0v) is 9.30. The summed E-state index contributed by atoms with van der Waals surface area (Å²) in [6.07, 6.45) is -4.86. The lowest BCUT2D eigenvalue weighted by Gasteiger charge is -2.07. The maximum Gasteiger partial charge on any atom is 0.397 e. The Kier molecular flexibility index (Phi) is 9.92. The number of amides is 1. The van der Waals surface area contributed by atoms with Gasteiger partial charge in [0.25, 0.3) is 0 Å². The Hall–Kier alpha value is -0.490. The van der Waals surface area contributed by atoms with Crippen LogP contribution >= 0.6 is 12.4 Å². The van der Waals surface area contributed by atoms with E-state index in [-0.39, 0.29) is 19.0 Å². The third-order valence-electron chi connectivity index (χ3n) is 1.41. The minimum atomic E-state index is -4.42. The fraction of sp³-hybridized carbons (Fsp3) is 0.875. The number of carbonyl (C=O) groups is 1. The van der Waals surface area contributed by atoms with Gasteiger partial charge in [0.1, 0.15) is 6.42 Å². The molecule has 0 aliphatic rings. The molecule has 0 aromatic carbocycles. The monoisotopic (exact) mass is 248 g/mol. The summed E-state index contributed by atoms with van der Waals surface area (Å²) in [5.74, 6) is -0.976. The molecule has 0 atom stereocenters. The number of rotatable bonds is 6. The van der Waals surface area contributed by atoms with E-state index in [1.165, 1.54) is 0 Å². The number of halogens is 4. The molecule has 0 aromatic heterocycles. The summed E-state index contributed by atoms with van der Waals surface area (Å²) in [6, 6.07) is 0. The summed E-state index contributed by atoms with van der Waals surface area (Å²) in [5.41, 5.74) is 0. The van der Waals surface area contributed by atoms with Gasteiger partial charge in [-0.3, -0.25) is 4.79 Å². The molecule has 0 heterocycles. The van der Waals surface area contributed by atoms with Crippen molar-refractivity contribution in [3.63, 3.8) is 0 Å². The quantitative estimate of drug-likeness (QED) is 0.699. The van der Waals surface area contributed by atoms with Gasteiger partial charge in [-0.05, 0) is 13.0 Å². The summed E-state index contributed by atoms with van der Waals surface area (Å²) < 4.78 is 35.0. The smallest absolute Gasteiger partial charge is 0.355 e. The molecule has 2 N–H and O–H groups in total. The topological polar surface area (TPSA) is 41.1 Å². The second-order valence-electron chi connectivity index (χ2n) is 2.89. The highest BCUT2D eigenvalue weighted by atomic mass is 35.5. The zero-order valence-electron chi connectivity index (χ0n) is 8.49. The number of carbonyl (C=O) groups excluding carboxylic acids is 1. The van der Waals surface area contributed by atoms with E-state index in [9.17, 15) is 18.0 Å². The normalized spacial score (nSPS) is 10.7. The van der Waals surface area contributed by atoms with Crippen molar-refractivity contribution in [2.24, 2.45) is 0 Å². The molecule has 0 fully saturated rings. The summed E-state index contributed by atoms with van der Waals surface area (Å²) in [5, 5.41) is 5.13. The van der Waals surface area contributed by atoms with Crippen LogP contribution < -0.4 is 10.6 Å². The molecule has 0 aliphatic heterocycles. The fourth-order valence-corrected chi connectivity index (χ4v) is 0.837. The fourth-order valence-electron chi connectivity index (χ4n) is 0.837. The first-order valence-electron chi connectivity index (χ1n) is 4.50. The van der Waals surface area contributed by atoms with E-state index in [1.807, 2.05) is 6.92 Å². The Bertz CT molecular complexity index is 176. The molecule has 0 bridgehead atoms. The maximum atomic E-state index is 11.7. The molecule has 0 aromatic rings. The van der Waals surface area contributed by atoms with Crippen LogP contribution in [0.3, 0.4) is 0 Å². The van der Waals surface area contributed by atoms with Gasteiger partial charge in [-0.15, -0.1) is 12.4 Å². The van der Waals surface area contributed by atoms with Gasteiger partial charge in [0.15, 0.2) is 0 Å². The zero-order chi connectivity index (χ0) is 11.0. The van der Waals surface area contributed by atoms with Gasteiger partial charge in [0.05, 0.1) is 0 Å². The van der Waals surface area contributed by atoms with Crippen molar-refractivity contribution in [2.75, 3.05) is 19.6 Å². The third-order valence-corrected chi connectivity index (χ3v) is 1.41. The molecular weight excluding hydrogens is 233 g/mol. The molecule has 3 nitrogen and oxygen atoms in total. The van der Waals surface area contributed by atoms with Crippen LogP contribution in [0.15, 0.2) is 0 Å². The van der Waals surface area contributed by atoms with Crippen molar-refractivity contribution in [1.82, 2.24) is 10.6 Å². The lowest BCUT2D eigenvalue weighted by Crippen LogP contribution is -2.34. The average Bonchev–Trinajstić information content (AvgIpc) is 2.00. The van der Waals surface area contributed by atoms with Crippen LogP contribution in [0, 0.1) is 0 Å². The standard InChI is InChI=1S/C8H15F3N2O.ClH/c1-2-3-12-4-5-13-7(14)6-8(9,10)11;/h12H,2-6H2,1H3,(H,13,14);1H. The van der Waals surface area contributed by atoms with Gasteiger partial charge in [0, 0.05) is 13.1 Å². The first-order valence-corrected chi connectivity index (χ1v) is 4.50. The minimum absolute atomic E-state index is 0. The molecular formula is C8H16ClF3N2O.